The standard InChI is InChI=1S/C34H39F3N4O/c1-5-8-23(2)25(4)32(38)31-21-28(14-11-24(31)3)39-33(42)30-10-7-6-9-26(30)22-40-17-19-41(20-18-40)29-15-12-27(13-16-29)34(35,36)37/h6-16,21H,5,17-20,22,38H2,1-4H3,(H,39,42)/b23-8+,32-25+. The van der Waals surface area contributed by atoms with Crippen molar-refractivity contribution < 1.29 is 18.0 Å². The van der Waals surface area contributed by atoms with Gasteiger partial charge >= 0.3 is 6.18 Å². The van der Waals surface area contributed by atoms with Crippen molar-refractivity contribution >= 4 is 23.0 Å². The first-order valence-corrected chi connectivity index (χ1v) is 14.3. The van der Waals surface area contributed by atoms with Crippen LogP contribution in [0.2, 0.25) is 0 Å². The smallest absolute Gasteiger partial charge is 0.398 e. The normalized spacial score (nSPS) is 15.4. The molecule has 3 N–H and O–H groups in total. The molecular weight excluding hydrogens is 537 g/mol. The average Bonchev–Trinajstić information content (AvgIpc) is 2.98. The van der Waals surface area contributed by atoms with Crippen LogP contribution in [0.3, 0.4) is 0 Å². The number of halogens is 3. The molecule has 0 bridgehead atoms. The van der Waals surface area contributed by atoms with Crippen LogP contribution < -0.4 is 16.0 Å². The lowest BCUT2D eigenvalue weighted by molar-refractivity contribution is -0.137. The molecule has 222 valence electrons. The van der Waals surface area contributed by atoms with Gasteiger partial charge in [0.25, 0.3) is 5.91 Å². The van der Waals surface area contributed by atoms with Gasteiger partial charge in [-0.05, 0) is 86.4 Å². The van der Waals surface area contributed by atoms with Gasteiger partial charge in [-0.25, -0.2) is 0 Å². The van der Waals surface area contributed by atoms with Gasteiger partial charge in [0.05, 0.1) is 5.56 Å². The fourth-order valence-corrected chi connectivity index (χ4v) is 5.21. The van der Waals surface area contributed by atoms with Crippen molar-refractivity contribution in [3.8, 4) is 0 Å². The molecule has 0 aliphatic carbocycles. The second kappa shape index (κ2) is 13.3. The molecule has 1 fully saturated rings. The Hall–Kier alpha value is -4.04. The minimum Gasteiger partial charge on any atom is -0.398 e. The number of carbonyl (C=O) groups is 1. The first-order chi connectivity index (χ1) is 20.0. The summed E-state index contributed by atoms with van der Waals surface area (Å²) in [5.41, 5.74) is 13.7. The first kappa shape index (κ1) is 30.9. The van der Waals surface area contributed by atoms with Gasteiger partial charge in [-0.15, -0.1) is 0 Å². The van der Waals surface area contributed by atoms with Crippen LogP contribution in [-0.4, -0.2) is 37.0 Å². The highest BCUT2D eigenvalue weighted by Gasteiger charge is 2.30. The van der Waals surface area contributed by atoms with Crippen molar-refractivity contribution in [3.63, 3.8) is 0 Å². The molecule has 0 atom stereocenters. The average molecular weight is 577 g/mol. The van der Waals surface area contributed by atoms with Crippen molar-refractivity contribution in [1.82, 2.24) is 4.90 Å². The second-order valence-electron chi connectivity index (χ2n) is 10.8. The Morgan fingerprint density at radius 3 is 2.26 bits per heavy atom. The van der Waals surface area contributed by atoms with Crippen LogP contribution in [-0.2, 0) is 12.7 Å². The number of nitrogens with zero attached hydrogens (tertiary/aromatic N) is 2. The summed E-state index contributed by atoms with van der Waals surface area (Å²) in [6.07, 6.45) is -1.26. The number of aryl methyl sites for hydroxylation is 1. The molecule has 5 nitrogen and oxygen atoms in total. The van der Waals surface area contributed by atoms with Gasteiger partial charge in [-0.1, -0.05) is 42.8 Å². The molecule has 8 heteroatoms. The molecule has 0 aromatic heterocycles. The molecule has 0 spiro atoms. The van der Waals surface area contributed by atoms with E-state index < -0.39 is 11.7 Å². The number of hydrogen-bond acceptors (Lipinski definition) is 4. The van der Waals surface area contributed by atoms with Gasteiger partial charge < -0.3 is 16.0 Å². The molecule has 0 radical (unpaired) electrons. The first-order valence-electron chi connectivity index (χ1n) is 14.3. The zero-order valence-electron chi connectivity index (χ0n) is 24.7. The highest BCUT2D eigenvalue weighted by molar-refractivity contribution is 6.05. The van der Waals surface area contributed by atoms with E-state index in [4.69, 9.17) is 5.73 Å². The number of benzene rings is 3. The number of nitrogens with one attached hydrogen (secondary N) is 1. The Morgan fingerprint density at radius 1 is 0.952 bits per heavy atom. The van der Waals surface area contributed by atoms with E-state index in [1.165, 1.54) is 12.1 Å². The van der Waals surface area contributed by atoms with Gasteiger partial charge in [-0.3, -0.25) is 9.69 Å². The molecule has 3 aromatic rings. The Kier molecular flexibility index (Phi) is 9.78. The van der Waals surface area contributed by atoms with Crippen LogP contribution in [0.15, 0.2) is 84.0 Å². The number of piperazine rings is 1. The van der Waals surface area contributed by atoms with E-state index in [0.717, 1.165) is 65.2 Å². The van der Waals surface area contributed by atoms with Crippen LogP contribution in [0.4, 0.5) is 24.5 Å². The highest BCUT2D eigenvalue weighted by Crippen LogP contribution is 2.31. The quantitative estimate of drug-likeness (QED) is 0.271. The van der Waals surface area contributed by atoms with E-state index in [-0.39, 0.29) is 5.91 Å². The molecule has 1 amide bonds. The van der Waals surface area contributed by atoms with Crippen LogP contribution in [0.5, 0.6) is 0 Å². The summed E-state index contributed by atoms with van der Waals surface area (Å²) < 4.78 is 38.8. The van der Waals surface area contributed by atoms with Gasteiger partial charge in [0.1, 0.15) is 0 Å². The van der Waals surface area contributed by atoms with Crippen LogP contribution in [0.1, 0.15) is 59.8 Å². The lowest BCUT2D eigenvalue weighted by Gasteiger charge is -2.36. The summed E-state index contributed by atoms with van der Waals surface area (Å²) in [7, 11) is 0. The molecule has 3 aromatic carbocycles. The van der Waals surface area contributed by atoms with Gasteiger partial charge in [0, 0.05) is 60.9 Å². The van der Waals surface area contributed by atoms with Crippen molar-refractivity contribution in [2.24, 2.45) is 5.73 Å². The number of carbonyl (C=O) groups excluding carboxylic acids is 1. The molecule has 1 aliphatic heterocycles. The summed E-state index contributed by atoms with van der Waals surface area (Å²) >= 11 is 0. The van der Waals surface area contributed by atoms with E-state index in [9.17, 15) is 18.0 Å². The van der Waals surface area contributed by atoms with Gasteiger partial charge in [-0.2, -0.15) is 13.2 Å². The van der Waals surface area contributed by atoms with Gasteiger partial charge in [0.15, 0.2) is 0 Å². The largest absolute Gasteiger partial charge is 0.416 e. The Morgan fingerprint density at radius 2 is 1.62 bits per heavy atom. The lowest BCUT2D eigenvalue weighted by atomic mass is 9.98. The fourth-order valence-electron chi connectivity index (χ4n) is 5.21. The van der Waals surface area contributed by atoms with E-state index in [0.29, 0.717) is 36.6 Å². The van der Waals surface area contributed by atoms with E-state index >= 15 is 0 Å². The van der Waals surface area contributed by atoms with Crippen molar-refractivity contribution in [1.29, 1.82) is 0 Å². The molecular formula is C34H39F3N4O. The number of anilines is 2. The summed E-state index contributed by atoms with van der Waals surface area (Å²) in [6, 6.07) is 18.7. The SMILES string of the molecule is CC/C=C(C)/C(C)=C(/N)c1cc(NC(=O)c2ccccc2CN2CCN(c3ccc(C(F)(F)F)cc3)CC2)ccc1C. The van der Waals surface area contributed by atoms with Crippen LogP contribution in [0.25, 0.3) is 5.70 Å². The third-order valence-corrected chi connectivity index (χ3v) is 7.88. The van der Waals surface area contributed by atoms with Crippen LogP contribution in [0, 0.1) is 6.92 Å². The number of hydrogen-bond donors (Lipinski definition) is 2. The molecule has 1 saturated heterocycles. The molecule has 4 rings (SSSR count). The topological polar surface area (TPSA) is 61.6 Å². The number of alkyl halides is 3. The third-order valence-electron chi connectivity index (χ3n) is 7.88. The predicted octanol–water partition coefficient (Wildman–Crippen LogP) is 7.63. The maximum absolute atomic E-state index is 13.4. The predicted molar refractivity (Wildman–Crippen MR) is 165 cm³/mol. The Bertz CT molecular complexity index is 1470. The molecule has 42 heavy (non-hydrogen) atoms. The Labute approximate surface area is 246 Å². The third kappa shape index (κ3) is 7.42. The molecule has 1 aliphatic rings. The minimum atomic E-state index is -4.34. The molecule has 0 saturated carbocycles. The molecule has 0 unspecified atom stereocenters. The lowest BCUT2D eigenvalue weighted by Crippen LogP contribution is -2.46. The minimum absolute atomic E-state index is 0.190. The van der Waals surface area contributed by atoms with Crippen molar-refractivity contribution in [2.45, 2.75) is 46.8 Å². The number of nitrogens with two attached hydrogens (primary N) is 1. The zero-order chi connectivity index (χ0) is 30.4. The Balaban J connectivity index is 1.43. The monoisotopic (exact) mass is 576 g/mol. The summed E-state index contributed by atoms with van der Waals surface area (Å²) in [6.45, 7) is 11.6. The number of rotatable bonds is 8. The number of allylic oxidation sites excluding steroid dienone is 3. The maximum Gasteiger partial charge on any atom is 0.416 e. The van der Waals surface area contributed by atoms with Crippen molar-refractivity contribution in [2.75, 3.05) is 36.4 Å². The highest BCUT2D eigenvalue weighted by atomic mass is 19.4. The molecule has 1 heterocycles. The summed E-state index contributed by atoms with van der Waals surface area (Å²) in [4.78, 5) is 17.8. The summed E-state index contributed by atoms with van der Waals surface area (Å²) in [5.74, 6) is -0.190. The zero-order valence-corrected chi connectivity index (χ0v) is 24.7. The van der Waals surface area contributed by atoms with Crippen molar-refractivity contribution in [3.05, 3.63) is 112 Å². The van der Waals surface area contributed by atoms with E-state index in [1.807, 2.05) is 56.3 Å². The summed E-state index contributed by atoms with van der Waals surface area (Å²) in [5, 5.41) is 3.06. The van der Waals surface area contributed by atoms with E-state index in [2.05, 4.69) is 35.0 Å². The maximum atomic E-state index is 13.4. The fraction of sp³-hybridized carbons (Fsp3) is 0.324. The van der Waals surface area contributed by atoms with E-state index in [1.54, 1.807) is 0 Å². The van der Waals surface area contributed by atoms with Crippen LogP contribution >= 0.6 is 0 Å². The number of amides is 1. The second-order valence-corrected chi connectivity index (χ2v) is 10.8. The van der Waals surface area contributed by atoms with Gasteiger partial charge in [0.2, 0.25) is 0 Å².